The molecule has 0 saturated carbocycles. The van der Waals surface area contributed by atoms with E-state index in [1.165, 1.54) is 0 Å². The lowest BCUT2D eigenvalue weighted by Gasteiger charge is -2.34. The summed E-state index contributed by atoms with van der Waals surface area (Å²) < 4.78 is 0. The van der Waals surface area contributed by atoms with E-state index in [1.54, 1.807) is 0 Å². The van der Waals surface area contributed by atoms with Gasteiger partial charge in [0, 0.05) is 0 Å². The van der Waals surface area contributed by atoms with Gasteiger partial charge in [-0.2, -0.15) is 0 Å². The summed E-state index contributed by atoms with van der Waals surface area (Å²) in [6.45, 7) is 5.17. The molecule has 2 atom stereocenters. The second-order valence-electron chi connectivity index (χ2n) is 5.97. The maximum Gasteiger partial charge on any atom is 0.306 e. The summed E-state index contributed by atoms with van der Waals surface area (Å²) in [4.78, 5) is 25.4. The number of carboxylic acids is 1. The monoisotopic (exact) mass is 304 g/mol. The van der Waals surface area contributed by atoms with Crippen molar-refractivity contribution >= 4 is 11.9 Å². The van der Waals surface area contributed by atoms with E-state index in [0.717, 1.165) is 5.56 Å². The van der Waals surface area contributed by atoms with Crippen molar-refractivity contribution in [2.75, 3.05) is 13.1 Å². The van der Waals surface area contributed by atoms with Crippen LogP contribution in [0.1, 0.15) is 38.3 Å². The zero-order valence-corrected chi connectivity index (χ0v) is 13.2. The van der Waals surface area contributed by atoms with Crippen molar-refractivity contribution < 1.29 is 14.7 Å². The summed E-state index contributed by atoms with van der Waals surface area (Å²) in [5.41, 5.74) is 1.08. The third kappa shape index (κ3) is 4.07. The molecular formula is C17H24N2O3. The van der Waals surface area contributed by atoms with Crippen molar-refractivity contribution in [2.24, 2.45) is 5.92 Å². The Morgan fingerprint density at radius 2 is 1.77 bits per heavy atom. The number of amides is 1. The van der Waals surface area contributed by atoms with Crippen molar-refractivity contribution in [3.63, 3.8) is 0 Å². The van der Waals surface area contributed by atoms with Gasteiger partial charge in [-0.3, -0.25) is 14.5 Å². The molecule has 22 heavy (non-hydrogen) atoms. The molecule has 5 nitrogen and oxygen atoms in total. The predicted octanol–water partition coefficient (Wildman–Crippen LogP) is 2.05. The van der Waals surface area contributed by atoms with Gasteiger partial charge in [-0.05, 0) is 45.3 Å². The van der Waals surface area contributed by atoms with E-state index < -0.39 is 5.97 Å². The quantitative estimate of drug-likeness (QED) is 0.873. The maximum atomic E-state index is 12.4. The Kier molecular flexibility index (Phi) is 5.55. The van der Waals surface area contributed by atoms with E-state index >= 15 is 0 Å². The van der Waals surface area contributed by atoms with Crippen LogP contribution in [0.3, 0.4) is 0 Å². The average molecular weight is 304 g/mol. The van der Waals surface area contributed by atoms with E-state index in [9.17, 15) is 9.59 Å². The summed E-state index contributed by atoms with van der Waals surface area (Å²) >= 11 is 0. The predicted molar refractivity (Wildman–Crippen MR) is 84.4 cm³/mol. The highest BCUT2D eigenvalue weighted by Crippen LogP contribution is 2.20. The molecule has 1 aliphatic rings. The zero-order chi connectivity index (χ0) is 16.1. The van der Waals surface area contributed by atoms with Crippen molar-refractivity contribution in [3.05, 3.63) is 35.9 Å². The normalized spacial score (nSPS) is 19.4. The minimum absolute atomic E-state index is 0.00914. The third-order valence-corrected chi connectivity index (χ3v) is 4.46. The number of rotatable bonds is 5. The Bertz CT molecular complexity index is 510. The van der Waals surface area contributed by atoms with E-state index in [1.807, 2.05) is 44.2 Å². The molecule has 2 unspecified atom stereocenters. The van der Waals surface area contributed by atoms with Crippen LogP contribution in [0.4, 0.5) is 0 Å². The molecule has 120 valence electrons. The van der Waals surface area contributed by atoms with Gasteiger partial charge in [-0.25, -0.2) is 0 Å². The van der Waals surface area contributed by atoms with Crippen molar-refractivity contribution in [1.82, 2.24) is 10.2 Å². The van der Waals surface area contributed by atoms with Gasteiger partial charge in [0.25, 0.3) is 0 Å². The van der Waals surface area contributed by atoms with Crippen LogP contribution >= 0.6 is 0 Å². The summed E-state index contributed by atoms with van der Waals surface area (Å²) in [7, 11) is 0. The highest BCUT2D eigenvalue weighted by atomic mass is 16.4. The molecule has 1 saturated heterocycles. The van der Waals surface area contributed by atoms with Crippen molar-refractivity contribution in [3.8, 4) is 0 Å². The first kappa shape index (κ1) is 16.5. The van der Waals surface area contributed by atoms with Crippen molar-refractivity contribution in [1.29, 1.82) is 0 Å². The van der Waals surface area contributed by atoms with Gasteiger partial charge in [0.15, 0.2) is 0 Å². The fourth-order valence-corrected chi connectivity index (χ4v) is 2.86. The van der Waals surface area contributed by atoms with Gasteiger partial charge in [0.05, 0.1) is 18.0 Å². The number of nitrogens with zero attached hydrogens (tertiary/aromatic N) is 1. The van der Waals surface area contributed by atoms with Crippen LogP contribution in [0.5, 0.6) is 0 Å². The second kappa shape index (κ2) is 7.40. The second-order valence-corrected chi connectivity index (χ2v) is 5.97. The Morgan fingerprint density at radius 3 is 2.32 bits per heavy atom. The van der Waals surface area contributed by atoms with Crippen LogP contribution in [-0.4, -0.2) is 41.0 Å². The molecular weight excluding hydrogens is 280 g/mol. The number of benzene rings is 1. The number of hydrogen-bond donors (Lipinski definition) is 2. The highest BCUT2D eigenvalue weighted by Gasteiger charge is 2.29. The van der Waals surface area contributed by atoms with Gasteiger partial charge in [-0.15, -0.1) is 0 Å². The minimum Gasteiger partial charge on any atom is -0.481 e. The molecule has 1 aromatic carbocycles. The molecule has 0 radical (unpaired) electrons. The molecule has 2 N–H and O–H groups in total. The average Bonchev–Trinajstić information content (AvgIpc) is 2.55. The molecule has 1 aliphatic heterocycles. The van der Waals surface area contributed by atoms with Gasteiger partial charge < -0.3 is 10.4 Å². The number of hydrogen-bond acceptors (Lipinski definition) is 3. The molecule has 2 rings (SSSR count). The minimum atomic E-state index is -0.727. The van der Waals surface area contributed by atoms with Gasteiger partial charge in [0.2, 0.25) is 5.91 Å². The third-order valence-electron chi connectivity index (χ3n) is 4.46. The molecule has 0 spiro atoms. The number of carbonyl (C=O) groups excluding carboxylic acids is 1. The Balaban J connectivity index is 1.86. The molecule has 1 amide bonds. The van der Waals surface area contributed by atoms with E-state index in [-0.39, 0.29) is 23.9 Å². The number of nitrogens with one attached hydrogen (secondary N) is 1. The Morgan fingerprint density at radius 1 is 1.18 bits per heavy atom. The molecule has 1 heterocycles. The van der Waals surface area contributed by atoms with E-state index in [0.29, 0.717) is 25.9 Å². The number of carboxylic acid groups (broad SMARTS) is 1. The van der Waals surface area contributed by atoms with E-state index in [2.05, 4.69) is 10.2 Å². The smallest absolute Gasteiger partial charge is 0.306 e. The first-order chi connectivity index (χ1) is 10.5. The fraction of sp³-hybridized carbons (Fsp3) is 0.529. The number of piperidine rings is 1. The lowest BCUT2D eigenvalue weighted by molar-refractivity contribution is -0.143. The van der Waals surface area contributed by atoms with Gasteiger partial charge in [-0.1, -0.05) is 30.3 Å². The molecule has 1 aromatic rings. The Hall–Kier alpha value is -1.88. The zero-order valence-electron chi connectivity index (χ0n) is 13.2. The van der Waals surface area contributed by atoms with Crippen molar-refractivity contribution in [2.45, 2.75) is 38.8 Å². The summed E-state index contributed by atoms with van der Waals surface area (Å²) in [6, 6.07) is 9.58. The van der Waals surface area contributed by atoms with Crippen LogP contribution in [0, 0.1) is 5.92 Å². The standard InChI is InChI=1S/C17H24N2O3/c1-12(14-6-4-3-5-7-14)18-16(20)13(2)19-10-8-15(9-11-19)17(21)22/h3-7,12-13,15H,8-11H2,1-2H3,(H,18,20)(H,21,22). The van der Waals surface area contributed by atoms with E-state index in [4.69, 9.17) is 5.11 Å². The molecule has 0 bridgehead atoms. The summed E-state index contributed by atoms with van der Waals surface area (Å²) in [6.07, 6.45) is 1.22. The van der Waals surface area contributed by atoms with Crippen LogP contribution in [0.15, 0.2) is 30.3 Å². The largest absolute Gasteiger partial charge is 0.481 e. The fourth-order valence-electron chi connectivity index (χ4n) is 2.86. The topological polar surface area (TPSA) is 69.6 Å². The lowest BCUT2D eigenvalue weighted by atomic mass is 9.96. The Labute approximate surface area is 131 Å². The number of carbonyl (C=O) groups is 2. The molecule has 0 aromatic heterocycles. The van der Waals surface area contributed by atoms with Crippen LogP contribution in [0.2, 0.25) is 0 Å². The van der Waals surface area contributed by atoms with Gasteiger partial charge in [0.1, 0.15) is 0 Å². The molecule has 0 aliphatic carbocycles. The lowest BCUT2D eigenvalue weighted by Crippen LogP contribution is -2.49. The molecule has 1 fully saturated rings. The van der Waals surface area contributed by atoms with Crippen LogP contribution < -0.4 is 5.32 Å². The summed E-state index contributed by atoms with van der Waals surface area (Å²) in [5.74, 6) is -1.01. The first-order valence-corrected chi connectivity index (χ1v) is 7.81. The summed E-state index contributed by atoms with van der Waals surface area (Å²) in [5, 5.41) is 12.0. The first-order valence-electron chi connectivity index (χ1n) is 7.81. The van der Waals surface area contributed by atoms with Crippen LogP contribution in [-0.2, 0) is 9.59 Å². The molecule has 5 heteroatoms. The maximum absolute atomic E-state index is 12.4. The van der Waals surface area contributed by atoms with Gasteiger partial charge >= 0.3 is 5.97 Å². The number of aliphatic carboxylic acids is 1. The highest BCUT2D eigenvalue weighted by molar-refractivity contribution is 5.81. The van der Waals surface area contributed by atoms with Crippen LogP contribution in [0.25, 0.3) is 0 Å². The number of likely N-dealkylation sites (tertiary alicyclic amines) is 1. The SMILES string of the molecule is CC(NC(=O)C(C)N1CCC(C(=O)O)CC1)c1ccccc1.